The number of anilines is 1. The van der Waals surface area contributed by atoms with E-state index in [1.165, 1.54) is 17.9 Å². The van der Waals surface area contributed by atoms with Gasteiger partial charge in [-0.15, -0.1) is 10.2 Å². The van der Waals surface area contributed by atoms with Crippen LogP contribution in [0.2, 0.25) is 0 Å². The largest absolute Gasteiger partial charge is 0.416 e. The number of carbonyl (C=O) groups is 2. The molecule has 34 heavy (non-hydrogen) atoms. The van der Waals surface area contributed by atoms with Crippen molar-refractivity contribution in [2.75, 3.05) is 4.90 Å². The maximum atomic E-state index is 13.8. The number of hydrogen-bond acceptors (Lipinski definition) is 4. The third-order valence-corrected chi connectivity index (χ3v) is 6.94. The van der Waals surface area contributed by atoms with E-state index in [2.05, 4.69) is 10.2 Å². The summed E-state index contributed by atoms with van der Waals surface area (Å²) >= 11 is 0. The molecule has 5 rings (SSSR count). The number of amides is 1. The number of aryl methyl sites for hydroxylation is 1. The van der Waals surface area contributed by atoms with Crippen molar-refractivity contribution in [1.82, 2.24) is 14.8 Å². The molecule has 0 spiro atoms. The second-order valence-corrected chi connectivity index (χ2v) is 9.06. The van der Waals surface area contributed by atoms with Gasteiger partial charge in [-0.3, -0.25) is 9.59 Å². The zero-order chi connectivity index (χ0) is 24.2. The fourth-order valence-corrected chi connectivity index (χ4v) is 4.94. The summed E-state index contributed by atoms with van der Waals surface area (Å²) in [5.74, 6) is 0.132. The minimum absolute atomic E-state index is 0.0173. The standard InChI is InChI=1S/C25H23F3N4O2/c1-14(33)17-10-19-20(21(11-17)25(26,27)28)12-32(24(19)34)18-8-4-7-16(9-18)22(15-5-3-6-15)23-30-29-13-31(23)2/h4,7-11,13,15,22H,3,5-6,12H2,1-2H3. The van der Waals surface area contributed by atoms with Crippen molar-refractivity contribution in [1.29, 1.82) is 0 Å². The maximum Gasteiger partial charge on any atom is 0.416 e. The monoisotopic (exact) mass is 468 g/mol. The Kier molecular flexibility index (Phi) is 5.30. The first-order valence-corrected chi connectivity index (χ1v) is 11.2. The molecule has 1 aliphatic heterocycles. The molecule has 6 nitrogen and oxygen atoms in total. The highest BCUT2D eigenvalue weighted by atomic mass is 19.4. The van der Waals surface area contributed by atoms with E-state index in [4.69, 9.17) is 0 Å². The third-order valence-electron chi connectivity index (χ3n) is 6.94. The Labute approximate surface area is 194 Å². The molecule has 2 aromatic carbocycles. The van der Waals surface area contributed by atoms with Crippen LogP contribution in [0.25, 0.3) is 0 Å². The van der Waals surface area contributed by atoms with Crippen LogP contribution in [0.1, 0.15) is 75.3 Å². The van der Waals surface area contributed by atoms with Crippen LogP contribution in [-0.2, 0) is 19.8 Å². The molecule has 2 heterocycles. The van der Waals surface area contributed by atoms with Crippen LogP contribution >= 0.6 is 0 Å². The summed E-state index contributed by atoms with van der Waals surface area (Å²) in [7, 11) is 1.89. The Morgan fingerprint density at radius 2 is 1.94 bits per heavy atom. The van der Waals surface area contributed by atoms with E-state index >= 15 is 0 Å². The van der Waals surface area contributed by atoms with Gasteiger partial charge in [-0.25, -0.2) is 0 Å². The van der Waals surface area contributed by atoms with Gasteiger partial charge in [0.05, 0.1) is 12.1 Å². The zero-order valence-corrected chi connectivity index (χ0v) is 18.8. The molecule has 0 saturated heterocycles. The predicted octanol–water partition coefficient (Wildman–Crippen LogP) is 5.13. The van der Waals surface area contributed by atoms with Gasteiger partial charge in [0.25, 0.3) is 5.91 Å². The summed E-state index contributed by atoms with van der Waals surface area (Å²) in [6.45, 7) is 0.984. The van der Waals surface area contributed by atoms with E-state index in [0.29, 0.717) is 11.6 Å². The van der Waals surface area contributed by atoms with E-state index in [1.807, 2.05) is 29.8 Å². The highest BCUT2D eigenvalue weighted by Gasteiger charge is 2.41. The number of benzene rings is 2. The molecule has 1 fully saturated rings. The van der Waals surface area contributed by atoms with Crippen molar-refractivity contribution in [3.8, 4) is 0 Å². The fraction of sp³-hybridized carbons (Fsp3) is 0.360. The summed E-state index contributed by atoms with van der Waals surface area (Å²) in [6.07, 6.45) is 0.222. The minimum Gasteiger partial charge on any atom is -0.320 e. The van der Waals surface area contributed by atoms with Gasteiger partial charge in [-0.05, 0) is 61.1 Å². The van der Waals surface area contributed by atoms with Gasteiger partial charge < -0.3 is 9.47 Å². The Morgan fingerprint density at radius 3 is 2.53 bits per heavy atom. The lowest BCUT2D eigenvalue weighted by Gasteiger charge is -2.33. The van der Waals surface area contributed by atoms with Gasteiger partial charge in [-0.2, -0.15) is 13.2 Å². The van der Waals surface area contributed by atoms with Crippen molar-refractivity contribution in [3.63, 3.8) is 0 Å². The topological polar surface area (TPSA) is 68.1 Å². The van der Waals surface area contributed by atoms with Gasteiger partial charge in [0, 0.05) is 29.8 Å². The van der Waals surface area contributed by atoms with Crippen molar-refractivity contribution in [3.05, 3.63) is 76.4 Å². The lowest BCUT2D eigenvalue weighted by Crippen LogP contribution is -2.25. The molecule has 1 unspecified atom stereocenters. The molecule has 1 aliphatic carbocycles. The highest BCUT2D eigenvalue weighted by Crippen LogP contribution is 2.44. The summed E-state index contributed by atoms with van der Waals surface area (Å²) in [6, 6.07) is 9.48. The van der Waals surface area contributed by atoms with Crippen molar-refractivity contribution < 1.29 is 22.8 Å². The zero-order valence-electron chi connectivity index (χ0n) is 18.8. The van der Waals surface area contributed by atoms with Crippen LogP contribution in [0.15, 0.2) is 42.7 Å². The van der Waals surface area contributed by atoms with Crippen LogP contribution in [0.3, 0.4) is 0 Å². The van der Waals surface area contributed by atoms with Gasteiger partial charge in [0.1, 0.15) is 12.2 Å². The number of alkyl halides is 3. The molecule has 1 aromatic heterocycles. The summed E-state index contributed by atoms with van der Waals surface area (Å²) in [4.78, 5) is 26.4. The van der Waals surface area contributed by atoms with Gasteiger partial charge in [-0.1, -0.05) is 18.6 Å². The average Bonchev–Trinajstić information content (AvgIpc) is 3.32. The molecule has 0 bridgehead atoms. The highest BCUT2D eigenvalue weighted by molar-refractivity contribution is 6.11. The Balaban J connectivity index is 1.55. The van der Waals surface area contributed by atoms with E-state index in [1.54, 1.807) is 12.4 Å². The Hall–Kier alpha value is -3.49. The van der Waals surface area contributed by atoms with E-state index < -0.39 is 23.4 Å². The van der Waals surface area contributed by atoms with Crippen molar-refractivity contribution >= 4 is 17.4 Å². The quantitative estimate of drug-likeness (QED) is 0.487. The molecule has 1 saturated carbocycles. The smallest absolute Gasteiger partial charge is 0.320 e. The molecule has 1 atom stereocenters. The number of aromatic nitrogens is 3. The average molecular weight is 468 g/mol. The molecular weight excluding hydrogens is 445 g/mol. The molecule has 0 radical (unpaired) electrons. The second-order valence-electron chi connectivity index (χ2n) is 9.06. The van der Waals surface area contributed by atoms with Crippen LogP contribution in [0.5, 0.6) is 0 Å². The van der Waals surface area contributed by atoms with Gasteiger partial charge in [0.2, 0.25) is 0 Å². The fourth-order valence-electron chi connectivity index (χ4n) is 4.94. The Bertz CT molecular complexity index is 1290. The first kappa shape index (κ1) is 22.3. The van der Waals surface area contributed by atoms with Crippen LogP contribution in [0, 0.1) is 5.92 Å². The number of ketones is 1. The molecule has 1 amide bonds. The minimum atomic E-state index is -4.67. The molecule has 176 valence electrons. The van der Waals surface area contributed by atoms with Gasteiger partial charge in [0.15, 0.2) is 5.78 Å². The number of fused-ring (bicyclic) bond motifs is 1. The molecule has 0 N–H and O–H groups in total. The molecule has 9 heteroatoms. The second kappa shape index (κ2) is 8.07. The number of hydrogen-bond donors (Lipinski definition) is 0. The predicted molar refractivity (Wildman–Crippen MR) is 119 cm³/mol. The molecular formula is C25H23F3N4O2. The maximum absolute atomic E-state index is 13.8. The molecule has 2 aliphatic rings. The first-order chi connectivity index (χ1) is 16.1. The van der Waals surface area contributed by atoms with E-state index in [-0.39, 0.29) is 29.2 Å². The van der Waals surface area contributed by atoms with Crippen LogP contribution in [0.4, 0.5) is 18.9 Å². The first-order valence-electron chi connectivity index (χ1n) is 11.2. The SMILES string of the molecule is CC(=O)c1cc2c(c(C(F)(F)F)c1)CN(c1cccc(C(c3nncn3C)C3CCC3)c1)C2=O. The number of halogens is 3. The Morgan fingerprint density at radius 1 is 1.18 bits per heavy atom. The lowest BCUT2D eigenvalue weighted by atomic mass is 9.72. The van der Waals surface area contributed by atoms with Crippen molar-refractivity contribution in [2.45, 2.75) is 44.8 Å². The summed E-state index contributed by atoms with van der Waals surface area (Å²) in [5, 5.41) is 8.33. The lowest BCUT2D eigenvalue weighted by molar-refractivity contribution is -0.138. The van der Waals surface area contributed by atoms with Crippen LogP contribution < -0.4 is 4.90 Å². The number of Topliss-reactive ketones (excluding diaryl/α,β-unsaturated/α-hetero) is 1. The van der Waals surface area contributed by atoms with Crippen molar-refractivity contribution in [2.24, 2.45) is 13.0 Å². The normalized spacial score (nSPS) is 17.0. The number of rotatable bonds is 5. The van der Waals surface area contributed by atoms with E-state index in [0.717, 1.165) is 36.7 Å². The summed E-state index contributed by atoms with van der Waals surface area (Å²) < 4.78 is 43.2. The van der Waals surface area contributed by atoms with Gasteiger partial charge >= 0.3 is 6.18 Å². The third kappa shape index (κ3) is 3.69. The van der Waals surface area contributed by atoms with Crippen LogP contribution in [-0.4, -0.2) is 26.5 Å². The molecule has 3 aromatic rings. The number of carbonyl (C=O) groups excluding carboxylic acids is 2. The summed E-state index contributed by atoms with van der Waals surface area (Å²) in [5.41, 5.74) is 0.229. The number of nitrogens with zero attached hydrogens (tertiary/aromatic N) is 4. The van der Waals surface area contributed by atoms with E-state index in [9.17, 15) is 22.8 Å².